The second-order valence-electron chi connectivity index (χ2n) is 6.74. The van der Waals surface area contributed by atoms with Crippen LogP contribution in [-0.4, -0.2) is 21.2 Å². The van der Waals surface area contributed by atoms with E-state index in [-0.39, 0.29) is 5.56 Å². The predicted molar refractivity (Wildman–Crippen MR) is 104 cm³/mol. The third-order valence-electron chi connectivity index (χ3n) is 4.87. The normalized spacial score (nSPS) is 14.9. The largest absolute Gasteiger partial charge is 0.432 e. The van der Waals surface area contributed by atoms with Gasteiger partial charge < -0.3 is 4.74 Å². The summed E-state index contributed by atoms with van der Waals surface area (Å²) in [5.41, 5.74) is 3.81. The fraction of sp³-hybridized carbons (Fsp3) is 0.182. The molecule has 7 heteroatoms. The fourth-order valence-electron chi connectivity index (χ4n) is 3.45. The van der Waals surface area contributed by atoms with E-state index in [4.69, 9.17) is 4.74 Å². The van der Waals surface area contributed by atoms with Crippen LogP contribution in [0.5, 0.6) is 0 Å². The van der Waals surface area contributed by atoms with E-state index in [1.807, 2.05) is 18.4 Å². The average Bonchev–Trinajstić information content (AvgIpc) is 2.92. The molecule has 3 aromatic rings. The Morgan fingerprint density at radius 3 is 2.66 bits per heavy atom. The number of carbonyl (C=O) groups excluding carboxylic acids is 1. The zero-order chi connectivity index (χ0) is 20.7. The number of halogens is 1. The number of esters is 1. The lowest BCUT2D eigenvalue weighted by Crippen LogP contribution is -2.12. The van der Waals surface area contributed by atoms with Crippen LogP contribution in [0.1, 0.15) is 47.1 Å². The van der Waals surface area contributed by atoms with Crippen molar-refractivity contribution in [3.63, 3.8) is 0 Å². The molecule has 1 aromatic heterocycles. The Kier molecular flexibility index (Phi) is 4.47. The van der Waals surface area contributed by atoms with Gasteiger partial charge in [0.2, 0.25) is 0 Å². The van der Waals surface area contributed by atoms with Crippen molar-refractivity contribution in [2.75, 3.05) is 0 Å². The third-order valence-corrected chi connectivity index (χ3v) is 4.87. The van der Waals surface area contributed by atoms with Gasteiger partial charge >= 0.3 is 5.97 Å². The molecule has 0 saturated carbocycles. The minimum Gasteiger partial charge on any atom is -0.432 e. The molecule has 2 aromatic carbocycles. The highest BCUT2D eigenvalue weighted by atomic mass is 19.1. The first kappa shape index (κ1) is 18.6. The standard InChI is InChI=1S/C22H17FN4O2/c1-12-13(2)27-19-9-8-15(11-24)10-17(19)20(16-6-4-5-7-18(16)23)26-22(21(27)25-12)29-14(3)28/h4-10,22H,1-3H3. The number of benzene rings is 2. The molecule has 0 saturated heterocycles. The van der Waals surface area contributed by atoms with Crippen molar-refractivity contribution in [1.29, 1.82) is 5.26 Å². The van der Waals surface area contributed by atoms with E-state index < -0.39 is 18.0 Å². The van der Waals surface area contributed by atoms with E-state index >= 15 is 0 Å². The first-order chi connectivity index (χ1) is 13.9. The van der Waals surface area contributed by atoms with Gasteiger partial charge in [0.05, 0.1) is 28.7 Å². The zero-order valence-corrected chi connectivity index (χ0v) is 16.1. The number of nitrogens with zero attached hydrogens (tertiary/aromatic N) is 4. The number of rotatable bonds is 2. The van der Waals surface area contributed by atoms with Gasteiger partial charge in [0.1, 0.15) is 5.82 Å². The summed E-state index contributed by atoms with van der Waals surface area (Å²) in [6.07, 6.45) is -1.05. The van der Waals surface area contributed by atoms with E-state index in [1.165, 1.54) is 13.0 Å². The minimum atomic E-state index is -1.05. The molecule has 144 valence electrons. The van der Waals surface area contributed by atoms with Crippen LogP contribution in [0.25, 0.3) is 5.69 Å². The lowest BCUT2D eigenvalue weighted by atomic mass is 9.98. The Labute approximate surface area is 166 Å². The van der Waals surface area contributed by atoms with E-state index in [9.17, 15) is 14.4 Å². The van der Waals surface area contributed by atoms with E-state index in [0.29, 0.717) is 28.4 Å². The first-order valence-electron chi connectivity index (χ1n) is 9.01. The van der Waals surface area contributed by atoms with Crippen LogP contribution in [0, 0.1) is 31.0 Å². The molecule has 0 bridgehead atoms. The highest BCUT2D eigenvalue weighted by molar-refractivity contribution is 6.15. The maximum absolute atomic E-state index is 14.7. The van der Waals surface area contributed by atoms with E-state index in [0.717, 1.165) is 11.4 Å². The summed E-state index contributed by atoms with van der Waals surface area (Å²) in [5.74, 6) is -0.568. The van der Waals surface area contributed by atoms with Crippen LogP contribution in [0.3, 0.4) is 0 Å². The number of ether oxygens (including phenoxy) is 1. The molecule has 0 radical (unpaired) electrons. The third kappa shape index (κ3) is 3.09. The van der Waals surface area contributed by atoms with Gasteiger partial charge in [-0.3, -0.25) is 9.36 Å². The number of hydrogen-bond donors (Lipinski definition) is 0. The molecule has 0 aliphatic carbocycles. The van der Waals surface area contributed by atoms with Gasteiger partial charge in [-0.05, 0) is 44.2 Å². The minimum absolute atomic E-state index is 0.251. The molecule has 1 atom stereocenters. The molecule has 0 amide bonds. The van der Waals surface area contributed by atoms with Crippen LogP contribution in [0.2, 0.25) is 0 Å². The molecule has 0 N–H and O–H groups in total. The fourth-order valence-corrected chi connectivity index (χ4v) is 3.45. The number of carbonyl (C=O) groups is 1. The number of nitriles is 1. The Hall–Kier alpha value is -3.79. The number of imidazole rings is 1. The van der Waals surface area contributed by atoms with Gasteiger partial charge in [0.25, 0.3) is 6.23 Å². The Morgan fingerprint density at radius 1 is 1.21 bits per heavy atom. The molecular weight excluding hydrogens is 371 g/mol. The quantitative estimate of drug-likeness (QED) is 0.624. The summed E-state index contributed by atoms with van der Waals surface area (Å²) >= 11 is 0. The van der Waals surface area contributed by atoms with Crippen molar-refractivity contribution in [3.8, 4) is 11.8 Å². The van der Waals surface area contributed by atoms with Crippen LogP contribution in [0.15, 0.2) is 47.5 Å². The van der Waals surface area contributed by atoms with E-state index in [1.54, 1.807) is 36.4 Å². The molecule has 1 aliphatic rings. The van der Waals surface area contributed by atoms with Crippen molar-refractivity contribution in [2.24, 2.45) is 4.99 Å². The summed E-state index contributed by atoms with van der Waals surface area (Å²) in [4.78, 5) is 20.9. The van der Waals surface area contributed by atoms with Crippen molar-refractivity contribution in [1.82, 2.24) is 9.55 Å². The second-order valence-corrected chi connectivity index (χ2v) is 6.74. The number of aliphatic imine (C=N–C) groups is 1. The first-order valence-corrected chi connectivity index (χ1v) is 9.01. The molecular formula is C22H17FN4O2. The van der Waals surface area contributed by atoms with Gasteiger partial charge in [-0.15, -0.1) is 0 Å². The molecule has 1 unspecified atom stereocenters. The van der Waals surface area contributed by atoms with Crippen LogP contribution < -0.4 is 0 Å². The maximum Gasteiger partial charge on any atom is 0.304 e. The Morgan fingerprint density at radius 2 is 1.97 bits per heavy atom. The highest BCUT2D eigenvalue weighted by Crippen LogP contribution is 2.34. The summed E-state index contributed by atoms with van der Waals surface area (Å²) in [6.45, 7) is 5.04. The molecule has 2 heterocycles. The van der Waals surface area contributed by atoms with Crippen LogP contribution in [0.4, 0.5) is 4.39 Å². The molecule has 6 nitrogen and oxygen atoms in total. The Bertz CT molecular complexity index is 1220. The molecule has 4 rings (SSSR count). The van der Waals surface area contributed by atoms with Crippen molar-refractivity contribution < 1.29 is 13.9 Å². The van der Waals surface area contributed by atoms with Gasteiger partial charge in [-0.25, -0.2) is 14.4 Å². The van der Waals surface area contributed by atoms with Crippen molar-refractivity contribution in [3.05, 3.63) is 82.2 Å². The van der Waals surface area contributed by atoms with Gasteiger partial charge in [0.15, 0.2) is 5.82 Å². The van der Waals surface area contributed by atoms with Crippen molar-refractivity contribution >= 4 is 11.7 Å². The smallest absolute Gasteiger partial charge is 0.304 e. The Balaban J connectivity index is 2.10. The second kappa shape index (κ2) is 6.99. The molecule has 1 aliphatic heterocycles. The van der Waals surface area contributed by atoms with Crippen molar-refractivity contribution in [2.45, 2.75) is 27.0 Å². The molecule has 0 fully saturated rings. The molecule has 0 spiro atoms. The van der Waals surface area contributed by atoms with E-state index in [2.05, 4.69) is 16.0 Å². The number of aryl methyl sites for hydroxylation is 1. The summed E-state index contributed by atoms with van der Waals surface area (Å²) in [5, 5.41) is 9.39. The summed E-state index contributed by atoms with van der Waals surface area (Å²) in [6, 6.07) is 13.5. The van der Waals surface area contributed by atoms with Crippen LogP contribution >= 0.6 is 0 Å². The average molecular weight is 388 g/mol. The zero-order valence-electron chi connectivity index (χ0n) is 16.1. The number of aromatic nitrogens is 2. The topological polar surface area (TPSA) is 80.3 Å². The summed E-state index contributed by atoms with van der Waals surface area (Å²) < 4.78 is 22.0. The van der Waals surface area contributed by atoms with Gasteiger partial charge in [0, 0.05) is 23.7 Å². The monoisotopic (exact) mass is 388 g/mol. The lowest BCUT2D eigenvalue weighted by molar-refractivity contribution is -0.146. The molecule has 29 heavy (non-hydrogen) atoms. The summed E-state index contributed by atoms with van der Waals surface area (Å²) in [7, 11) is 0. The SMILES string of the molecule is CC(=O)OC1N=C(c2ccccc2F)c2cc(C#N)ccc2-n2c1nc(C)c2C. The van der Waals surface area contributed by atoms with Gasteiger partial charge in [-0.1, -0.05) is 12.1 Å². The van der Waals surface area contributed by atoms with Crippen LogP contribution in [-0.2, 0) is 9.53 Å². The number of hydrogen-bond acceptors (Lipinski definition) is 5. The maximum atomic E-state index is 14.7. The lowest BCUT2D eigenvalue weighted by Gasteiger charge is -2.14. The highest BCUT2D eigenvalue weighted by Gasteiger charge is 2.31. The number of fused-ring (bicyclic) bond motifs is 3. The van der Waals surface area contributed by atoms with Gasteiger partial charge in [-0.2, -0.15) is 5.26 Å². The predicted octanol–water partition coefficient (Wildman–Crippen LogP) is 3.91.